The predicted octanol–water partition coefficient (Wildman–Crippen LogP) is 2.02. The molecule has 2 heterocycles. The van der Waals surface area contributed by atoms with Gasteiger partial charge in [0.2, 0.25) is 11.7 Å². The molecular formula is C15H22N2O4. The largest absolute Gasteiger partial charge is 0.381 e. The van der Waals surface area contributed by atoms with Gasteiger partial charge in [0, 0.05) is 39.1 Å². The minimum absolute atomic E-state index is 0.180. The molecule has 3 rings (SSSR count). The van der Waals surface area contributed by atoms with Crippen molar-refractivity contribution in [2.45, 2.75) is 50.5 Å². The minimum atomic E-state index is -0.531. The van der Waals surface area contributed by atoms with E-state index in [0.29, 0.717) is 37.8 Å². The number of nitrogens with zero attached hydrogens (tertiary/aromatic N) is 2. The zero-order chi connectivity index (χ0) is 14.7. The number of Topliss-reactive ketones (excluding diaryl/α,β-unsaturated/α-hetero) is 1. The predicted molar refractivity (Wildman–Crippen MR) is 73.7 cm³/mol. The number of carbonyl (C=O) groups excluding carboxylic acids is 1. The zero-order valence-corrected chi connectivity index (χ0v) is 12.5. The fourth-order valence-electron chi connectivity index (χ4n) is 3.27. The number of ether oxygens (including phenoxy) is 2. The first-order valence-electron chi connectivity index (χ1n) is 7.72. The molecular weight excluding hydrogens is 272 g/mol. The third-order valence-corrected chi connectivity index (χ3v) is 4.70. The SMILES string of the molecule is COC1(c2noc(CC(=O)C3CCCC3)n2)CCOCC1. The fourth-order valence-corrected chi connectivity index (χ4v) is 3.27. The second kappa shape index (κ2) is 6.23. The van der Waals surface area contributed by atoms with Crippen molar-refractivity contribution in [3.05, 3.63) is 11.7 Å². The van der Waals surface area contributed by atoms with Gasteiger partial charge in [0.25, 0.3) is 0 Å². The third kappa shape index (κ3) is 3.01. The topological polar surface area (TPSA) is 74.5 Å². The molecule has 0 atom stereocenters. The summed E-state index contributed by atoms with van der Waals surface area (Å²) in [6.07, 6.45) is 5.96. The highest BCUT2D eigenvalue weighted by Crippen LogP contribution is 2.33. The van der Waals surface area contributed by atoms with Crippen LogP contribution in [0.4, 0.5) is 0 Å². The Hall–Kier alpha value is -1.27. The molecule has 116 valence electrons. The van der Waals surface area contributed by atoms with Gasteiger partial charge in [-0.15, -0.1) is 0 Å². The number of ketones is 1. The maximum atomic E-state index is 12.2. The van der Waals surface area contributed by atoms with E-state index in [2.05, 4.69) is 10.1 Å². The van der Waals surface area contributed by atoms with E-state index in [1.807, 2.05) is 0 Å². The Bertz CT molecular complexity index is 488. The lowest BCUT2D eigenvalue weighted by Crippen LogP contribution is -2.36. The van der Waals surface area contributed by atoms with Crippen molar-refractivity contribution in [3.63, 3.8) is 0 Å². The van der Waals surface area contributed by atoms with Crippen LogP contribution in [0.3, 0.4) is 0 Å². The van der Waals surface area contributed by atoms with Gasteiger partial charge in [0.1, 0.15) is 11.4 Å². The molecule has 2 fully saturated rings. The van der Waals surface area contributed by atoms with Crippen LogP contribution in [-0.2, 0) is 26.3 Å². The van der Waals surface area contributed by atoms with E-state index < -0.39 is 5.60 Å². The normalized spacial score (nSPS) is 22.5. The Morgan fingerprint density at radius 3 is 2.71 bits per heavy atom. The van der Waals surface area contributed by atoms with Crippen molar-refractivity contribution in [1.29, 1.82) is 0 Å². The van der Waals surface area contributed by atoms with E-state index in [4.69, 9.17) is 14.0 Å². The van der Waals surface area contributed by atoms with E-state index in [9.17, 15) is 4.79 Å². The lowest BCUT2D eigenvalue weighted by atomic mass is 9.93. The van der Waals surface area contributed by atoms with Gasteiger partial charge in [0.15, 0.2) is 0 Å². The number of hydrogen-bond acceptors (Lipinski definition) is 6. The van der Waals surface area contributed by atoms with Crippen molar-refractivity contribution >= 4 is 5.78 Å². The van der Waals surface area contributed by atoms with E-state index in [1.54, 1.807) is 7.11 Å². The number of aromatic nitrogens is 2. The average molecular weight is 294 g/mol. The molecule has 1 aromatic rings. The molecule has 6 heteroatoms. The standard InChI is InChI=1S/C15H22N2O4/c1-19-15(6-8-20-9-7-15)14-16-13(21-17-14)10-12(18)11-4-2-3-5-11/h11H,2-10H2,1H3. The molecule has 0 spiro atoms. The first-order chi connectivity index (χ1) is 10.2. The van der Waals surface area contributed by atoms with Gasteiger partial charge in [0.05, 0.1) is 6.42 Å². The molecule has 0 unspecified atom stereocenters. The summed E-state index contributed by atoms with van der Waals surface area (Å²) < 4.78 is 16.3. The molecule has 1 aromatic heterocycles. The van der Waals surface area contributed by atoms with E-state index >= 15 is 0 Å². The molecule has 21 heavy (non-hydrogen) atoms. The number of methoxy groups -OCH3 is 1. The van der Waals surface area contributed by atoms with Crippen LogP contribution in [0.5, 0.6) is 0 Å². The molecule has 0 N–H and O–H groups in total. The van der Waals surface area contributed by atoms with Gasteiger partial charge in [-0.1, -0.05) is 18.0 Å². The maximum Gasteiger partial charge on any atom is 0.234 e. The summed E-state index contributed by atoms with van der Waals surface area (Å²) in [5.41, 5.74) is -0.531. The van der Waals surface area contributed by atoms with Crippen molar-refractivity contribution in [1.82, 2.24) is 10.1 Å². The highest BCUT2D eigenvalue weighted by molar-refractivity contribution is 5.82. The summed E-state index contributed by atoms with van der Waals surface area (Å²) in [4.78, 5) is 16.6. The van der Waals surface area contributed by atoms with Crippen molar-refractivity contribution in [3.8, 4) is 0 Å². The van der Waals surface area contributed by atoms with Gasteiger partial charge in [-0.3, -0.25) is 4.79 Å². The lowest BCUT2D eigenvalue weighted by molar-refractivity contribution is -0.122. The van der Waals surface area contributed by atoms with Crippen LogP contribution in [0.25, 0.3) is 0 Å². The summed E-state index contributed by atoms with van der Waals surface area (Å²) in [7, 11) is 1.66. The van der Waals surface area contributed by atoms with E-state index in [1.165, 1.54) is 0 Å². The van der Waals surface area contributed by atoms with Crippen molar-refractivity contribution in [2.75, 3.05) is 20.3 Å². The quantitative estimate of drug-likeness (QED) is 0.827. The van der Waals surface area contributed by atoms with Gasteiger partial charge in [-0.2, -0.15) is 4.98 Å². The highest BCUT2D eigenvalue weighted by Gasteiger charge is 2.39. The van der Waals surface area contributed by atoms with Crippen LogP contribution >= 0.6 is 0 Å². The maximum absolute atomic E-state index is 12.2. The van der Waals surface area contributed by atoms with Gasteiger partial charge < -0.3 is 14.0 Å². The zero-order valence-electron chi connectivity index (χ0n) is 12.5. The van der Waals surface area contributed by atoms with Crippen LogP contribution in [0.2, 0.25) is 0 Å². The molecule has 0 aromatic carbocycles. The van der Waals surface area contributed by atoms with Gasteiger partial charge >= 0.3 is 0 Å². The Morgan fingerprint density at radius 2 is 2.05 bits per heavy atom. The average Bonchev–Trinajstić information content (AvgIpc) is 3.19. The van der Waals surface area contributed by atoms with E-state index in [-0.39, 0.29) is 18.1 Å². The minimum Gasteiger partial charge on any atom is -0.381 e. The lowest BCUT2D eigenvalue weighted by Gasteiger charge is -2.32. The molecule has 0 amide bonds. The third-order valence-electron chi connectivity index (χ3n) is 4.70. The molecule has 2 aliphatic rings. The van der Waals surface area contributed by atoms with Gasteiger partial charge in [-0.25, -0.2) is 0 Å². The molecule has 0 bridgehead atoms. The molecule has 1 saturated carbocycles. The monoisotopic (exact) mass is 294 g/mol. The summed E-state index contributed by atoms with van der Waals surface area (Å²) in [6.45, 7) is 1.25. The Balaban J connectivity index is 1.68. The van der Waals surface area contributed by atoms with Crippen molar-refractivity contribution < 1.29 is 18.8 Å². The first kappa shape index (κ1) is 14.7. The Kier molecular flexibility index (Phi) is 4.35. The smallest absolute Gasteiger partial charge is 0.234 e. The summed E-state index contributed by atoms with van der Waals surface area (Å²) in [5.74, 6) is 1.35. The molecule has 0 radical (unpaired) electrons. The Labute approximate surface area is 124 Å². The summed E-state index contributed by atoms with van der Waals surface area (Å²) in [6, 6.07) is 0. The summed E-state index contributed by atoms with van der Waals surface area (Å²) >= 11 is 0. The van der Waals surface area contributed by atoms with Gasteiger partial charge in [-0.05, 0) is 12.8 Å². The fraction of sp³-hybridized carbons (Fsp3) is 0.800. The van der Waals surface area contributed by atoms with E-state index in [0.717, 1.165) is 25.7 Å². The van der Waals surface area contributed by atoms with Crippen LogP contribution in [0.15, 0.2) is 4.52 Å². The second-order valence-corrected chi connectivity index (χ2v) is 5.95. The van der Waals surface area contributed by atoms with Crippen LogP contribution in [0.1, 0.15) is 50.2 Å². The number of rotatable bonds is 5. The number of hydrogen-bond donors (Lipinski definition) is 0. The second-order valence-electron chi connectivity index (χ2n) is 5.95. The molecule has 1 saturated heterocycles. The highest BCUT2D eigenvalue weighted by atomic mass is 16.5. The van der Waals surface area contributed by atoms with Crippen LogP contribution < -0.4 is 0 Å². The number of carbonyl (C=O) groups is 1. The Morgan fingerprint density at radius 1 is 1.33 bits per heavy atom. The molecule has 1 aliphatic heterocycles. The summed E-state index contributed by atoms with van der Waals surface area (Å²) in [5, 5.41) is 4.04. The van der Waals surface area contributed by atoms with Crippen molar-refractivity contribution in [2.24, 2.45) is 5.92 Å². The van der Waals surface area contributed by atoms with Crippen LogP contribution in [-0.4, -0.2) is 36.2 Å². The first-order valence-corrected chi connectivity index (χ1v) is 7.72. The molecule has 1 aliphatic carbocycles. The van der Waals surface area contributed by atoms with Crippen LogP contribution in [0, 0.1) is 5.92 Å². The molecule has 6 nitrogen and oxygen atoms in total.